The van der Waals surface area contributed by atoms with Crippen LogP contribution in [-0.4, -0.2) is 16.2 Å². The van der Waals surface area contributed by atoms with E-state index in [1.165, 1.54) is 12.1 Å². The fourth-order valence-electron chi connectivity index (χ4n) is 1.74. The summed E-state index contributed by atoms with van der Waals surface area (Å²) in [5.41, 5.74) is 2.70. The fraction of sp³-hybridized carbons (Fsp3) is 0.0625. The maximum absolute atomic E-state index is 11.3. The molecule has 2 rings (SSSR count). The minimum atomic E-state index is -0.975. The molecule has 0 fully saturated rings. The van der Waals surface area contributed by atoms with Crippen LogP contribution < -0.4 is 0 Å². The van der Waals surface area contributed by atoms with Crippen molar-refractivity contribution in [3.63, 3.8) is 0 Å². The summed E-state index contributed by atoms with van der Waals surface area (Å²) in [5, 5.41) is 18.5. The Morgan fingerprint density at radius 2 is 1.58 bits per heavy atom. The van der Waals surface area contributed by atoms with Gasteiger partial charge in [-0.1, -0.05) is 42.0 Å². The Balaban J connectivity index is 2.43. The summed E-state index contributed by atoms with van der Waals surface area (Å²) in [5.74, 6) is -0.818. The average molecular weight is 254 g/mol. The Labute approximate surface area is 111 Å². The molecule has 0 amide bonds. The third kappa shape index (κ3) is 3.22. The molecule has 0 bridgehead atoms. The predicted octanol–water partition coefficient (Wildman–Crippen LogP) is 3.33. The summed E-state index contributed by atoms with van der Waals surface area (Å²) in [7, 11) is 0. The number of phenols is 1. The summed E-state index contributed by atoms with van der Waals surface area (Å²) in [6.45, 7) is 1.95. The Bertz CT molecular complexity index is 607. The number of aryl methyl sites for hydroxylation is 1. The highest BCUT2D eigenvalue weighted by Crippen LogP contribution is 2.20. The summed E-state index contributed by atoms with van der Waals surface area (Å²) < 4.78 is 0. The van der Waals surface area contributed by atoms with Crippen LogP contribution in [0.15, 0.2) is 48.5 Å². The smallest absolute Gasteiger partial charge is 0.336 e. The lowest BCUT2D eigenvalue weighted by Gasteiger charge is -2.04. The standard InChI is InChI=1S/C16H14O3/c1-11-2-6-13(7-3-11)15(16(18)19)10-12-4-8-14(17)9-5-12/h2-10,17H,1H3,(H,18,19)/b15-10-. The van der Waals surface area contributed by atoms with Crippen LogP contribution in [0.25, 0.3) is 11.6 Å². The summed E-state index contributed by atoms with van der Waals surface area (Å²) in [4.78, 5) is 11.3. The molecule has 19 heavy (non-hydrogen) atoms. The lowest BCUT2D eigenvalue weighted by Crippen LogP contribution is -1.99. The van der Waals surface area contributed by atoms with Gasteiger partial charge < -0.3 is 10.2 Å². The lowest BCUT2D eigenvalue weighted by atomic mass is 10.0. The van der Waals surface area contributed by atoms with E-state index in [9.17, 15) is 15.0 Å². The molecule has 3 nitrogen and oxygen atoms in total. The van der Waals surface area contributed by atoms with E-state index in [2.05, 4.69) is 0 Å². The van der Waals surface area contributed by atoms with Crippen LogP contribution in [0.1, 0.15) is 16.7 Å². The number of carboxylic acids is 1. The van der Waals surface area contributed by atoms with Crippen molar-refractivity contribution < 1.29 is 15.0 Å². The van der Waals surface area contributed by atoms with Crippen molar-refractivity contribution in [2.75, 3.05) is 0 Å². The second kappa shape index (κ2) is 5.40. The van der Waals surface area contributed by atoms with E-state index in [-0.39, 0.29) is 11.3 Å². The van der Waals surface area contributed by atoms with Crippen molar-refractivity contribution in [1.82, 2.24) is 0 Å². The van der Waals surface area contributed by atoms with Crippen molar-refractivity contribution in [2.24, 2.45) is 0 Å². The molecule has 2 N–H and O–H groups in total. The number of hydrogen-bond donors (Lipinski definition) is 2. The van der Waals surface area contributed by atoms with Crippen molar-refractivity contribution in [3.05, 3.63) is 65.2 Å². The monoisotopic (exact) mass is 254 g/mol. The van der Waals surface area contributed by atoms with Gasteiger partial charge in [0.15, 0.2) is 0 Å². The number of benzene rings is 2. The van der Waals surface area contributed by atoms with Gasteiger partial charge in [-0.2, -0.15) is 0 Å². The van der Waals surface area contributed by atoms with Crippen LogP contribution in [0.2, 0.25) is 0 Å². The van der Waals surface area contributed by atoms with Gasteiger partial charge in [0.1, 0.15) is 5.75 Å². The normalized spacial score (nSPS) is 11.3. The minimum absolute atomic E-state index is 0.157. The molecule has 0 aliphatic rings. The zero-order chi connectivity index (χ0) is 13.8. The largest absolute Gasteiger partial charge is 0.508 e. The topological polar surface area (TPSA) is 57.5 Å². The molecule has 3 heteroatoms. The first-order valence-corrected chi connectivity index (χ1v) is 5.87. The molecule has 2 aromatic rings. The minimum Gasteiger partial charge on any atom is -0.508 e. The van der Waals surface area contributed by atoms with Crippen LogP contribution in [0, 0.1) is 6.92 Å². The molecule has 0 saturated heterocycles. The SMILES string of the molecule is Cc1ccc(/C(=C/c2ccc(O)cc2)C(=O)O)cc1. The van der Waals surface area contributed by atoms with Crippen molar-refractivity contribution in [1.29, 1.82) is 0 Å². The molecule has 0 heterocycles. The molecule has 0 spiro atoms. The number of hydrogen-bond acceptors (Lipinski definition) is 2. The zero-order valence-electron chi connectivity index (χ0n) is 10.5. The third-order valence-corrected chi connectivity index (χ3v) is 2.80. The van der Waals surface area contributed by atoms with Crippen LogP contribution >= 0.6 is 0 Å². The average Bonchev–Trinajstić information content (AvgIpc) is 2.39. The highest BCUT2D eigenvalue weighted by Gasteiger charge is 2.10. The van der Waals surface area contributed by atoms with E-state index in [1.54, 1.807) is 30.3 Å². The van der Waals surface area contributed by atoms with Gasteiger partial charge in [-0.3, -0.25) is 0 Å². The first-order valence-electron chi connectivity index (χ1n) is 5.87. The molecule has 0 aliphatic carbocycles. The van der Waals surface area contributed by atoms with Gasteiger partial charge in [0.05, 0.1) is 5.57 Å². The molecule has 2 aromatic carbocycles. The zero-order valence-corrected chi connectivity index (χ0v) is 10.5. The van der Waals surface area contributed by atoms with Crippen LogP contribution in [-0.2, 0) is 4.79 Å². The summed E-state index contributed by atoms with van der Waals surface area (Å²) in [6.07, 6.45) is 1.59. The quantitative estimate of drug-likeness (QED) is 0.652. The Morgan fingerprint density at radius 1 is 1.00 bits per heavy atom. The van der Waals surface area contributed by atoms with E-state index in [0.717, 1.165) is 11.1 Å². The molecular weight excluding hydrogens is 240 g/mol. The van der Waals surface area contributed by atoms with Gasteiger partial charge in [0, 0.05) is 0 Å². The van der Waals surface area contributed by atoms with Gasteiger partial charge in [0.25, 0.3) is 0 Å². The van der Waals surface area contributed by atoms with Crippen LogP contribution in [0.5, 0.6) is 5.75 Å². The maximum Gasteiger partial charge on any atom is 0.336 e. The molecule has 96 valence electrons. The van der Waals surface area contributed by atoms with Crippen molar-refractivity contribution in [2.45, 2.75) is 6.92 Å². The summed E-state index contributed by atoms with van der Waals surface area (Å²) >= 11 is 0. The van der Waals surface area contributed by atoms with Gasteiger partial charge in [-0.05, 0) is 36.3 Å². The van der Waals surface area contributed by atoms with E-state index in [1.807, 2.05) is 19.1 Å². The Morgan fingerprint density at radius 3 is 2.11 bits per heavy atom. The molecule has 0 aliphatic heterocycles. The number of carboxylic acid groups (broad SMARTS) is 1. The van der Waals surface area contributed by atoms with Crippen molar-refractivity contribution in [3.8, 4) is 5.75 Å². The molecule has 0 atom stereocenters. The van der Waals surface area contributed by atoms with Gasteiger partial charge >= 0.3 is 5.97 Å². The molecule has 0 radical (unpaired) electrons. The Kier molecular flexibility index (Phi) is 3.66. The highest BCUT2D eigenvalue weighted by atomic mass is 16.4. The number of phenolic OH excluding ortho intramolecular Hbond substituents is 1. The van der Waals surface area contributed by atoms with E-state index < -0.39 is 5.97 Å². The molecule has 0 aromatic heterocycles. The number of rotatable bonds is 3. The maximum atomic E-state index is 11.3. The number of aromatic hydroxyl groups is 1. The highest BCUT2D eigenvalue weighted by molar-refractivity contribution is 6.20. The second-order valence-electron chi connectivity index (χ2n) is 4.32. The number of aliphatic carboxylic acids is 1. The van der Waals surface area contributed by atoms with E-state index in [0.29, 0.717) is 5.56 Å². The first kappa shape index (κ1) is 12.9. The van der Waals surface area contributed by atoms with E-state index >= 15 is 0 Å². The first-order chi connectivity index (χ1) is 9.06. The summed E-state index contributed by atoms with van der Waals surface area (Å²) in [6, 6.07) is 13.7. The van der Waals surface area contributed by atoms with Crippen LogP contribution in [0.3, 0.4) is 0 Å². The molecular formula is C16H14O3. The van der Waals surface area contributed by atoms with Crippen LogP contribution in [0.4, 0.5) is 0 Å². The fourth-order valence-corrected chi connectivity index (χ4v) is 1.74. The third-order valence-electron chi connectivity index (χ3n) is 2.80. The predicted molar refractivity (Wildman–Crippen MR) is 74.8 cm³/mol. The van der Waals surface area contributed by atoms with Gasteiger partial charge in [0.2, 0.25) is 0 Å². The number of carbonyl (C=O) groups is 1. The molecule has 0 saturated carbocycles. The van der Waals surface area contributed by atoms with E-state index in [4.69, 9.17) is 0 Å². The second-order valence-corrected chi connectivity index (χ2v) is 4.32. The van der Waals surface area contributed by atoms with Gasteiger partial charge in [-0.15, -0.1) is 0 Å². The van der Waals surface area contributed by atoms with Crippen molar-refractivity contribution >= 4 is 17.6 Å². The molecule has 0 unspecified atom stereocenters. The van der Waals surface area contributed by atoms with Gasteiger partial charge in [-0.25, -0.2) is 4.79 Å². The Hall–Kier alpha value is -2.55. The lowest BCUT2D eigenvalue weighted by molar-refractivity contribution is -0.130.